The van der Waals surface area contributed by atoms with E-state index in [9.17, 15) is 15.0 Å². The van der Waals surface area contributed by atoms with Crippen LogP contribution in [0.15, 0.2) is 24.5 Å². The quantitative estimate of drug-likeness (QED) is 0.351. The van der Waals surface area contributed by atoms with Gasteiger partial charge in [-0.05, 0) is 39.1 Å². The Labute approximate surface area is 176 Å². The van der Waals surface area contributed by atoms with Gasteiger partial charge in [0, 0.05) is 38.1 Å². The molecule has 1 saturated heterocycles. The Morgan fingerprint density at radius 3 is 2.97 bits per heavy atom. The van der Waals surface area contributed by atoms with Crippen molar-refractivity contribution >= 4 is 5.91 Å². The van der Waals surface area contributed by atoms with Crippen molar-refractivity contribution in [2.75, 3.05) is 40.3 Å². The van der Waals surface area contributed by atoms with E-state index in [4.69, 9.17) is 5.11 Å². The molecule has 5 N–H and O–H groups in total. The van der Waals surface area contributed by atoms with Crippen molar-refractivity contribution < 1.29 is 20.1 Å². The molecule has 2 unspecified atom stereocenters. The monoisotopic (exact) mass is 420 g/mol. The zero-order chi connectivity index (χ0) is 21.7. The second-order valence-electron chi connectivity index (χ2n) is 8.22. The molecule has 0 bridgehead atoms. The highest BCUT2D eigenvalue weighted by atomic mass is 16.3. The van der Waals surface area contributed by atoms with E-state index in [-0.39, 0.29) is 12.5 Å². The molecule has 0 spiro atoms. The van der Waals surface area contributed by atoms with Crippen LogP contribution in [0.2, 0.25) is 0 Å². The van der Waals surface area contributed by atoms with Gasteiger partial charge in [-0.2, -0.15) is 5.10 Å². The maximum atomic E-state index is 12.2. The molecule has 1 fully saturated rings. The van der Waals surface area contributed by atoms with Gasteiger partial charge in [-0.3, -0.25) is 14.4 Å². The topological polar surface area (TPSA) is 130 Å². The summed E-state index contributed by atoms with van der Waals surface area (Å²) in [6.07, 6.45) is 3.15. The second kappa shape index (κ2) is 9.71. The number of hydrogen-bond acceptors (Lipinski definition) is 7. The van der Waals surface area contributed by atoms with Crippen LogP contribution in [0.4, 0.5) is 0 Å². The second-order valence-corrected chi connectivity index (χ2v) is 8.22. The van der Waals surface area contributed by atoms with Gasteiger partial charge in [-0.25, -0.2) is 0 Å². The molecule has 30 heavy (non-hydrogen) atoms. The van der Waals surface area contributed by atoms with Gasteiger partial charge < -0.3 is 30.5 Å². The Hall–Kier alpha value is -2.24. The number of hydrogen-bond donors (Lipinski definition) is 5. The van der Waals surface area contributed by atoms with E-state index < -0.39 is 11.8 Å². The summed E-state index contributed by atoms with van der Waals surface area (Å²) in [5, 5.41) is 37.3. The van der Waals surface area contributed by atoms with Crippen LogP contribution in [-0.4, -0.2) is 91.7 Å². The number of aromatic amines is 1. The van der Waals surface area contributed by atoms with Gasteiger partial charge in [-0.15, -0.1) is 0 Å². The number of amides is 1. The Morgan fingerprint density at radius 1 is 1.43 bits per heavy atom. The van der Waals surface area contributed by atoms with Gasteiger partial charge in [0.25, 0.3) is 5.91 Å². The Kier molecular flexibility index (Phi) is 7.27. The average molecular weight is 421 g/mol. The molecule has 2 aromatic heterocycles. The number of nitrogens with one attached hydrogen (secondary N) is 2. The number of aromatic nitrogens is 3. The molecule has 0 aliphatic carbocycles. The molecule has 0 aromatic carbocycles. The van der Waals surface area contributed by atoms with Crippen molar-refractivity contribution in [2.24, 2.45) is 0 Å². The van der Waals surface area contributed by atoms with E-state index in [1.54, 1.807) is 6.20 Å². The van der Waals surface area contributed by atoms with E-state index >= 15 is 0 Å². The predicted octanol–water partition coefficient (Wildman–Crippen LogP) is -0.487. The van der Waals surface area contributed by atoms with Crippen LogP contribution in [0.25, 0.3) is 0 Å². The molecule has 166 valence electrons. The number of β-amino-alcohol motifs (C(OH)–C–C–N with tert-alkyl or cyclic N) is 1. The first kappa shape index (κ1) is 22.4. The third kappa shape index (κ3) is 5.67. The van der Waals surface area contributed by atoms with Crippen LogP contribution >= 0.6 is 0 Å². The molecule has 3 rings (SSSR count). The number of rotatable bonds is 10. The van der Waals surface area contributed by atoms with Crippen LogP contribution in [0, 0.1) is 0 Å². The summed E-state index contributed by atoms with van der Waals surface area (Å²) in [7, 11) is 3.97. The molecule has 0 radical (unpaired) electrons. The first-order valence-corrected chi connectivity index (χ1v) is 10.2. The third-order valence-corrected chi connectivity index (χ3v) is 5.34. The molecular weight excluding hydrogens is 388 g/mol. The summed E-state index contributed by atoms with van der Waals surface area (Å²) in [5.74, 6) is -0.266. The minimum absolute atomic E-state index is 0.0441. The van der Waals surface area contributed by atoms with Gasteiger partial charge in [0.15, 0.2) is 0 Å². The van der Waals surface area contributed by atoms with Crippen LogP contribution in [0.1, 0.15) is 40.8 Å². The Bertz CT molecular complexity index is 835. The predicted molar refractivity (Wildman–Crippen MR) is 111 cm³/mol. The standard InChI is InChI=1S/C20H32N6O4/c1-24(2)13-16-3-4-17(23-16)19(29)25-8-6-20(30,14-25)5-7-21-18(28)15-11-22-26(12-15)9-10-27/h3-4,11-12,19,23,27,29-30H,5-10,13-14H2,1-2H3,(H,21,28). The number of aliphatic hydroxyl groups is 3. The number of carbonyl (C=O) groups excluding carboxylic acids is 1. The zero-order valence-electron chi connectivity index (χ0n) is 17.6. The number of H-pyrrole nitrogens is 1. The van der Waals surface area contributed by atoms with Gasteiger partial charge in [0.1, 0.15) is 6.23 Å². The van der Waals surface area contributed by atoms with Crippen LogP contribution in [-0.2, 0) is 13.1 Å². The molecule has 2 atom stereocenters. The minimum Gasteiger partial charge on any atom is -0.394 e. The highest BCUT2D eigenvalue weighted by Gasteiger charge is 2.38. The van der Waals surface area contributed by atoms with E-state index in [1.165, 1.54) is 10.9 Å². The van der Waals surface area contributed by atoms with Crippen molar-refractivity contribution in [3.05, 3.63) is 41.5 Å². The fourth-order valence-electron chi connectivity index (χ4n) is 3.76. The molecule has 1 amide bonds. The Morgan fingerprint density at radius 2 is 2.23 bits per heavy atom. The first-order chi connectivity index (χ1) is 14.3. The van der Waals surface area contributed by atoms with Gasteiger partial charge in [0.05, 0.1) is 36.2 Å². The van der Waals surface area contributed by atoms with Crippen molar-refractivity contribution in [3.8, 4) is 0 Å². The lowest BCUT2D eigenvalue weighted by atomic mass is 9.99. The highest BCUT2D eigenvalue weighted by Crippen LogP contribution is 2.30. The van der Waals surface area contributed by atoms with E-state index in [2.05, 4.69) is 15.4 Å². The van der Waals surface area contributed by atoms with Gasteiger partial charge in [0.2, 0.25) is 0 Å². The third-order valence-electron chi connectivity index (χ3n) is 5.34. The molecule has 0 saturated carbocycles. The summed E-state index contributed by atoms with van der Waals surface area (Å²) < 4.78 is 1.50. The molecule has 3 heterocycles. The summed E-state index contributed by atoms with van der Waals surface area (Å²) in [4.78, 5) is 19.3. The minimum atomic E-state index is -0.964. The molecule has 1 aliphatic rings. The van der Waals surface area contributed by atoms with Crippen LogP contribution in [0.3, 0.4) is 0 Å². The van der Waals surface area contributed by atoms with Crippen molar-refractivity contribution in [2.45, 2.75) is 37.8 Å². The number of aliphatic hydroxyl groups excluding tert-OH is 2. The lowest BCUT2D eigenvalue weighted by molar-refractivity contribution is -0.0173. The van der Waals surface area contributed by atoms with E-state index in [1.807, 2.05) is 36.0 Å². The lowest BCUT2D eigenvalue weighted by Gasteiger charge is -2.26. The average Bonchev–Trinajstić information content (AvgIpc) is 3.41. The summed E-state index contributed by atoms with van der Waals surface area (Å²) in [5.41, 5.74) is 1.19. The molecule has 10 nitrogen and oxygen atoms in total. The smallest absolute Gasteiger partial charge is 0.254 e. The maximum absolute atomic E-state index is 12.2. The summed E-state index contributed by atoms with van der Waals surface area (Å²) in [6.45, 7) is 2.28. The molecule has 1 aliphatic heterocycles. The summed E-state index contributed by atoms with van der Waals surface area (Å²) in [6, 6.07) is 3.83. The van der Waals surface area contributed by atoms with Crippen LogP contribution < -0.4 is 5.32 Å². The largest absolute Gasteiger partial charge is 0.394 e. The Balaban J connectivity index is 1.47. The number of likely N-dealkylation sites (tertiary alicyclic amines) is 1. The lowest BCUT2D eigenvalue weighted by Crippen LogP contribution is -2.38. The van der Waals surface area contributed by atoms with Crippen molar-refractivity contribution in [3.63, 3.8) is 0 Å². The van der Waals surface area contributed by atoms with Gasteiger partial charge >= 0.3 is 0 Å². The van der Waals surface area contributed by atoms with Crippen molar-refractivity contribution in [1.29, 1.82) is 0 Å². The normalized spacial score (nSPS) is 20.7. The SMILES string of the molecule is CN(C)Cc1ccc(C(O)N2CCC(O)(CCNC(=O)c3cnn(CCO)c3)C2)[nH]1. The van der Waals surface area contributed by atoms with Crippen molar-refractivity contribution in [1.82, 2.24) is 29.9 Å². The maximum Gasteiger partial charge on any atom is 0.254 e. The van der Waals surface area contributed by atoms with Crippen LogP contribution in [0.5, 0.6) is 0 Å². The van der Waals surface area contributed by atoms with E-state index in [0.29, 0.717) is 50.3 Å². The van der Waals surface area contributed by atoms with E-state index in [0.717, 1.165) is 12.2 Å². The molecule has 10 heteroatoms. The number of carbonyl (C=O) groups is 1. The zero-order valence-corrected chi connectivity index (χ0v) is 17.6. The first-order valence-electron chi connectivity index (χ1n) is 10.2. The fraction of sp³-hybridized carbons (Fsp3) is 0.600. The highest BCUT2D eigenvalue weighted by molar-refractivity contribution is 5.93. The molecular formula is C20H32N6O4. The number of nitrogens with zero attached hydrogens (tertiary/aromatic N) is 4. The van der Waals surface area contributed by atoms with Gasteiger partial charge in [-0.1, -0.05) is 0 Å². The summed E-state index contributed by atoms with van der Waals surface area (Å²) >= 11 is 0. The molecule has 2 aromatic rings. The fourth-order valence-corrected chi connectivity index (χ4v) is 3.76.